The third kappa shape index (κ3) is 3.72. The fourth-order valence-electron chi connectivity index (χ4n) is 2.38. The molecular formula is C17H24N4O. The predicted octanol–water partition coefficient (Wildman–Crippen LogP) is 3.02. The average molecular weight is 300 g/mol. The van der Waals surface area contributed by atoms with E-state index in [0.717, 1.165) is 41.6 Å². The van der Waals surface area contributed by atoms with Gasteiger partial charge < -0.3 is 5.32 Å². The van der Waals surface area contributed by atoms with Crippen LogP contribution in [0.15, 0.2) is 18.5 Å². The van der Waals surface area contributed by atoms with Gasteiger partial charge in [0.15, 0.2) is 0 Å². The fraction of sp³-hybridized carbons (Fsp3) is 0.471. The first-order valence-electron chi connectivity index (χ1n) is 7.78. The number of nitrogens with one attached hydrogen (secondary N) is 1. The Balaban J connectivity index is 2.22. The standard InChI is InChI=1S/C17H24N4O/c1-5-6-7-8-18-17(22)16-9-15(12(2)13(3)20-16)14-10-19-21(4)11-14/h9-11H,5-8H2,1-4H3,(H,18,22). The first-order valence-corrected chi connectivity index (χ1v) is 7.78. The summed E-state index contributed by atoms with van der Waals surface area (Å²) in [6.07, 6.45) is 7.03. The van der Waals surface area contributed by atoms with Crippen molar-refractivity contribution >= 4 is 5.91 Å². The van der Waals surface area contributed by atoms with Crippen molar-refractivity contribution in [3.05, 3.63) is 35.4 Å². The molecule has 0 radical (unpaired) electrons. The smallest absolute Gasteiger partial charge is 0.269 e. The van der Waals surface area contributed by atoms with E-state index in [-0.39, 0.29) is 5.91 Å². The summed E-state index contributed by atoms with van der Waals surface area (Å²) in [6.45, 7) is 6.80. The molecule has 0 spiro atoms. The maximum atomic E-state index is 12.3. The summed E-state index contributed by atoms with van der Waals surface area (Å²) < 4.78 is 1.76. The first kappa shape index (κ1) is 16.2. The zero-order valence-corrected chi connectivity index (χ0v) is 13.8. The normalized spacial score (nSPS) is 10.7. The van der Waals surface area contributed by atoms with Crippen LogP contribution in [0.2, 0.25) is 0 Å². The lowest BCUT2D eigenvalue weighted by Gasteiger charge is -2.10. The van der Waals surface area contributed by atoms with Gasteiger partial charge in [0.25, 0.3) is 5.91 Å². The highest BCUT2D eigenvalue weighted by molar-refractivity contribution is 5.93. The van der Waals surface area contributed by atoms with Gasteiger partial charge in [0.05, 0.1) is 6.20 Å². The highest BCUT2D eigenvalue weighted by Gasteiger charge is 2.14. The first-order chi connectivity index (χ1) is 10.5. The fourth-order valence-corrected chi connectivity index (χ4v) is 2.38. The van der Waals surface area contributed by atoms with Crippen LogP contribution in [0.5, 0.6) is 0 Å². The van der Waals surface area contributed by atoms with Crippen LogP contribution >= 0.6 is 0 Å². The summed E-state index contributed by atoms with van der Waals surface area (Å²) in [5.41, 5.74) is 4.44. The van der Waals surface area contributed by atoms with Crippen molar-refractivity contribution in [3.8, 4) is 11.1 Å². The van der Waals surface area contributed by atoms with Crippen LogP contribution in [0.25, 0.3) is 11.1 Å². The number of nitrogens with zero attached hydrogens (tertiary/aromatic N) is 3. The van der Waals surface area contributed by atoms with E-state index in [1.54, 1.807) is 4.68 Å². The molecule has 2 aromatic rings. The van der Waals surface area contributed by atoms with E-state index in [2.05, 4.69) is 22.3 Å². The van der Waals surface area contributed by atoms with Gasteiger partial charge in [0.2, 0.25) is 0 Å². The molecular weight excluding hydrogens is 276 g/mol. The van der Waals surface area contributed by atoms with Crippen LogP contribution in [0.3, 0.4) is 0 Å². The topological polar surface area (TPSA) is 59.8 Å². The second-order valence-electron chi connectivity index (χ2n) is 5.63. The molecule has 0 aromatic carbocycles. The molecule has 1 N–H and O–H groups in total. The Morgan fingerprint density at radius 1 is 1.32 bits per heavy atom. The van der Waals surface area contributed by atoms with Gasteiger partial charge in [-0.25, -0.2) is 4.98 Å². The average Bonchev–Trinajstić information content (AvgIpc) is 2.92. The largest absolute Gasteiger partial charge is 0.351 e. The van der Waals surface area contributed by atoms with E-state index in [1.807, 2.05) is 39.4 Å². The number of aromatic nitrogens is 3. The van der Waals surface area contributed by atoms with Gasteiger partial charge in [-0.1, -0.05) is 19.8 Å². The van der Waals surface area contributed by atoms with Crippen molar-refractivity contribution in [2.45, 2.75) is 40.0 Å². The number of carbonyl (C=O) groups excluding carboxylic acids is 1. The minimum Gasteiger partial charge on any atom is -0.351 e. The van der Waals surface area contributed by atoms with E-state index in [1.165, 1.54) is 0 Å². The number of amides is 1. The molecule has 5 nitrogen and oxygen atoms in total. The molecule has 2 aromatic heterocycles. The maximum absolute atomic E-state index is 12.3. The molecule has 0 aliphatic heterocycles. The Kier molecular flexibility index (Phi) is 5.31. The minimum atomic E-state index is -0.107. The summed E-state index contributed by atoms with van der Waals surface area (Å²) in [5, 5.41) is 7.15. The molecule has 0 saturated carbocycles. The van der Waals surface area contributed by atoms with Gasteiger partial charge in [0.1, 0.15) is 5.69 Å². The van der Waals surface area contributed by atoms with Crippen LogP contribution in [-0.2, 0) is 7.05 Å². The van der Waals surface area contributed by atoms with Crippen LogP contribution in [0, 0.1) is 13.8 Å². The zero-order valence-electron chi connectivity index (χ0n) is 13.8. The Bertz CT molecular complexity index is 661. The molecule has 118 valence electrons. The second-order valence-corrected chi connectivity index (χ2v) is 5.63. The maximum Gasteiger partial charge on any atom is 0.269 e. The molecule has 0 unspecified atom stereocenters. The summed E-state index contributed by atoms with van der Waals surface area (Å²) in [7, 11) is 1.88. The third-order valence-corrected chi connectivity index (χ3v) is 3.83. The van der Waals surface area contributed by atoms with Gasteiger partial charge in [-0.15, -0.1) is 0 Å². The van der Waals surface area contributed by atoms with E-state index in [9.17, 15) is 4.79 Å². The van der Waals surface area contributed by atoms with Crippen molar-refractivity contribution in [2.75, 3.05) is 6.54 Å². The van der Waals surface area contributed by atoms with Crippen LogP contribution in [-0.4, -0.2) is 27.2 Å². The third-order valence-electron chi connectivity index (χ3n) is 3.83. The van der Waals surface area contributed by atoms with Gasteiger partial charge in [-0.05, 0) is 37.5 Å². The SMILES string of the molecule is CCCCCNC(=O)c1cc(-c2cnn(C)c2)c(C)c(C)n1. The van der Waals surface area contributed by atoms with Crippen molar-refractivity contribution in [1.29, 1.82) is 0 Å². The highest BCUT2D eigenvalue weighted by atomic mass is 16.1. The second kappa shape index (κ2) is 7.20. The number of hydrogen-bond acceptors (Lipinski definition) is 3. The van der Waals surface area contributed by atoms with Crippen molar-refractivity contribution in [2.24, 2.45) is 7.05 Å². The zero-order chi connectivity index (χ0) is 16.1. The predicted molar refractivity (Wildman–Crippen MR) is 87.8 cm³/mol. The molecule has 2 rings (SSSR count). The monoisotopic (exact) mass is 300 g/mol. The van der Waals surface area contributed by atoms with Crippen molar-refractivity contribution in [1.82, 2.24) is 20.1 Å². The van der Waals surface area contributed by atoms with Crippen molar-refractivity contribution < 1.29 is 4.79 Å². The van der Waals surface area contributed by atoms with Gasteiger partial charge >= 0.3 is 0 Å². The molecule has 1 amide bonds. The Morgan fingerprint density at radius 2 is 2.09 bits per heavy atom. The summed E-state index contributed by atoms with van der Waals surface area (Å²) in [5.74, 6) is -0.107. The molecule has 5 heteroatoms. The summed E-state index contributed by atoms with van der Waals surface area (Å²) in [4.78, 5) is 16.7. The van der Waals surface area contributed by atoms with Gasteiger partial charge in [-0.2, -0.15) is 5.10 Å². The van der Waals surface area contributed by atoms with E-state index < -0.39 is 0 Å². The molecule has 0 atom stereocenters. The van der Waals surface area contributed by atoms with E-state index in [4.69, 9.17) is 0 Å². The lowest BCUT2D eigenvalue weighted by atomic mass is 10.0. The number of unbranched alkanes of at least 4 members (excludes halogenated alkanes) is 2. The molecule has 2 heterocycles. The van der Waals surface area contributed by atoms with E-state index >= 15 is 0 Å². The van der Waals surface area contributed by atoms with Crippen molar-refractivity contribution in [3.63, 3.8) is 0 Å². The van der Waals surface area contributed by atoms with Gasteiger partial charge in [0, 0.05) is 31.0 Å². The molecule has 22 heavy (non-hydrogen) atoms. The minimum absolute atomic E-state index is 0.107. The van der Waals surface area contributed by atoms with Crippen LogP contribution in [0.1, 0.15) is 47.9 Å². The Morgan fingerprint density at radius 3 is 2.73 bits per heavy atom. The van der Waals surface area contributed by atoms with Gasteiger partial charge in [-0.3, -0.25) is 9.48 Å². The number of pyridine rings is 1. The number of aryl methyl sites for hydroxylation is 2. The molecule has 0 bridgehead atoms. The molecule has 0 aliphatic rings. The molecule has 0 saturated heterocycles. The van der Waals surface area contributed by atoms with E-state index in [0.29, 0.717) is 12.2 Å². The number of rotatable bonds is 6. The van der Waals surface area contributed by atoms with Crippen LogP contribution < -0.4 is 5.32 Å². The van der Waals surface area contributed by atoms with Crippen LogP contribution in [0.4, 0.5) is 0 Å². The molecule has 0 fully saturated rings. The summed E-state index contributed by atoms with van der Waals surface area (Å²) in [6, 6.07) is 1.86. The lowest BCUT2D eigenvalue weighted by Crippen LogP contribution is -2.25. The Labute approximate surface area is 131 Å². The number of hydrogen-bond donors (Lipinski definition) is 1. The Hall–Kier alpha value is -2.17. The summed E-state index contributed by atoms with van der Waals surface area (Å²) >= 11 is 0. The number of carbonyl (C=O) groups is 1. The quantitative estimate of drug-likeness (QED) is 0.834. The highest BCUT2D eigenvalue weighted by Crippen LogP contribution is 2.25. The lowest BCUT2D eigenvalue weighted by molar-refractivity contribution is 0.0948. The molecule has 0 aliphatic carbocycles.